The second kappa shape index (κ2) is 8.35. The van der Waals surface area contributed by atoms with Crippen LogP contribution < -0.4 is 20.3 Å². The largest absolute Gasteiger partial charge is 0.494 e. The molecule has 24 heavy (non-hydrogen) atoms. The van der Waals surface area contributed by atoms with Gasteiger partial charge in [-0.1, -0.05) is 0 Å². The molecular weight excluding hydrogens is 328 g/mol. The Labute approximate surface area is 144 Å². The first-order valence-corrected chi connectivity index (χ1v) is 8.37. The quantitative estimate of drug-likeness (QED) is 0.787. The average molecular weight is 348 g/mol. The third-order valence-corrected chi connectivity index (χ3v) is 4.08. The van der Waals surface area contributed by atoms with Gasteiger partial charge >= 0.3 is 0 Å². The van der Waals surface area contributed by atoms with Crippen molar-refractivity contribution in [3.8, 4) is 11.5 Å². The van der Waals surface area contributed by atoms with Crippen LogP contribution in [-0.2, 0) is 4.79 Å². The smallest absolute Gasteiger partial charge is 0.279 e. The van der Waals surface area contributed by atoms with Crippen LogP contribution in [0.4, 0.5) is 0 Å². The van der Waals surface area contributed by atoms with Gasteiger partial charge in [-0.05, 0) is 57.2 Å². The number of amides is 2. The molecule has 2 N–H and O–H groups in total. The summed E-state index contributed by atoms with van der Waals surface area (Å²) in [5.41, 5.74) is 4.74. The van der Waals surface area contributed by atoms with Crippen LogP contribution in [0.15, 0.2) is 36.4 Å². The van der Waals surface area contributed by atoms with E-state index in [9.17, 15) is 9.59 Å². The molecule has 1 aromatic carbocycles. The predicted molar refractivity (Wildman–Crippen MR) is 92.4 cm³/mol. The number of rotatable bonds is 6. The minimum Gasteiger partial charge on any atom is -0.494 e. The number of ether oxygens (including phenoxy) is 2. The Morgan fingerprint density at radius 1 is 1.08 bits per heavy atom. The number of benzene rings is 1. The van der Waals surface area contributed by atoms with Crippen molar-refractivity contribution in [2.75, 3.05) is 6.61 Å². The van der Waals surface area contributed by atoms with E-state index in [1.54, 1.807) is 37.3 Å². The van der Waals surface area contributed by atoms with Crippen molar-refractivity contribution in [1.29, 1.82) is 0 Å². The minimum absolute atomic E-state index is 0.352. The van der Waals surface area contributed by atoms with Crippen molar-refractivity contribution in [3.63, 3.8) is 0 Å². The van der Waals surface area contributed by atoms with Gasteiger partial charge in [-0.15, -0.1) is 11.3 Å². The van der Waals surface area contributed by atoms with Gasteiger partial charge in [0.25, 0.3) is 11.8 Å². The van der Waals surface area contributed by atoms with Crippen LogP contribution >= 0.6 is 11.3 Å². The molecule has 0 fully saturated rings. The molecule has 0 spiro atoms. The summed E-state index contributed by atoms with van der Waals surface area (Å²) in [5, 5.41) is 0. The van der Waals surface area contributed by atoms with Gasteiger partial charge in [0.15, 0.2) is 6.10 Å². The van der Waals surface area contributed by atoms with Gasteiger partial charge in [0.2, 0.25) is 0 Å². The van der Waals surface area contributed by atoms with E-state index in [0.29, 0.717) is 17.2 Å². The van der Waals surface area contributed by atoms with Crippen LogP contribution in [-0.4, -0.2) is 24.5 Å². The van der Waals surface area contributed by atoms with Gasteiger partial charge in [-0.2, -0.15) is 0 Å². The number of hydrogen-bond acceptors (Lipinski definition) is 5. The van der Waals surface area contributed by atoms with Crippen LogP contribution in [0.2, 0.25) is 0 Å². The number of hydrazine groups is 1. The van der Waals surface area contributed by atoms with Crippen LogP contribution in [0.1, 0.15) is 28.4 Å². The van der Waals surface area contributed by atoms with Crippen molar-refractivity contribution in [3.05, 3.63) is 46.2 Å². The second-order valence-corrected chi connectivity index (χ2v) is 6.31. The fraction of sp³-hybridized carbons (Fsp3) is 0.294. The lowest BCUT2D eigenvalue weighted by Gasteiger charge is -2.15. The van der Waals surface area contributed by atoms with E-state index in [4.69, 9.17) is 9.47 Å². The van der Waals surface area contributed by atoms with Crippen molar-refractivity contribution in [1.82, 2.24) is 10.9 Å². The number of nitrogens with one attached hydrogen (secondary N) is 2. The maximum atomic E-state index is 12.0. The molecule has 2 rings (SSSR count). The molecule has 0 aliphatic rings. The summed E-state index contributed by atoms with van der Waals surface area (Å²) in [6, 6.07) is 10.5. The molecule has 1 heterocycles. The highest BCUT2D eigenvalue weighted by molar-refractivity contribution is 7.13. The molecule has 1 aromatic heterocycles. The van der Waals surface area contributed by atoms with E-state index >= 15 is 0 Å². The zero-order valence-corrected chi connectivity index (χ0v) is 14.6. The molecule has 0 saturated heterocycles. The Balaban J connectivity index is 1.82. The zero-order valence-electron chi connectivity index (χ0n) is 13.8. The summed E-state index contributed by atoms with van der Waals surface area (Å²) >= 11 is 1.36. The lowest BCUT2D eigenvalue weighted by Crippen LogP contribution is -2.47. The molecule has 1 atom stereocenters. The molecule has 6 nitrogen and oxygen atoms in total. The molecular formula is C17H20N2O4S. The topological polar surface area (TPSA) is 76.7 Å². The second-order valence-electron chi connectivity index (χ2n) is 5.02. The Bertz CT molecular complexity index is 697. The first kappa shape index (κ1) is 17.8. The first-order chi connectivity index (χ1) is 11.5. The average Bonchev–Trinajstić information content (AvgIpc) is 3.01. The van der Waals surface area contributed by atoms with E-state index in [0.717, 1.165) is 10.6 Å². The van der Waals surface area contributed by atoms with Crippen molar-refractivity contribution >= 4 is 23.2 Å². The molecule has 2 aromatic rings. The van der Waals surface area contributed by atoms with E-state index < -0.39 is 12.0 Å². The highest BCUT2D eigenvalue weighted by Crippen LogP contribution is 2.18. The van der Waals surface area contributed by atoms with Crippen LogP contribution in [0.3, 0.4) is 0 Å². The monoisotopic (exact) mass is 348 g/mol. The third kappa shape index (κ3) is 4.99. The first-order valence-electron chi connectivity index (χ1n) is 7.55. The number of thiophene rings is 1. The van der Waals surface area contributed by atoms with Gasteiger partial charge in [0, 0.05) is 4.88 Å². The van der Waals surface area contributed by atoms with Gasteiger partial charge in [-0.25, -0.2) is 0 Å². The number of aryl methyl sites for hydroxylation is 1. The molecule has 0 radical (unpaired) electrons. The maximum Gasteiger partial charge on any atom is 0.279 e. The molecule has 128 valence electrons. The highest BCUT2D eigenvalue weighted by Gasteiger charge is 2.16. The van der Waals surface area contributed by atoms with E-state index in [1.807, 2.05) is 19.9 Å². The van der Waals surface area contributed by atoms with Crippen molar-refractivity contribution in [2.45, 2.75) is 26.9 Å². The number of carbonyl (C=O) groups excluding carboxylic acids is 2. The molecule has 1 unspecified atom stereocenters. The number of carbonyl (C=O) groups is 2. The fourth-order valence-corrected chi connectivity index (χ4v) is 2.64. The highest BCUT2D eigenvalue weighted by atomic mass is 32.1. The normalized spacial score (nSPS) is 11.5. The van der Waals surface area contributed by atoms with Crippen LogP contribution in [0.25, 0.3) is 0 Å². The van der Waals surface area contributed by atoms with E-state index in [1.165, 1.54) is 11.3 Å². The molecule has 0 saturated carbocycles. The minimum atomic E-state index is -0.756. The van der Waals surface area contributed by atoms with E-state index in [-0.39, 0.29) is 5.91 Å². The molecule has 0 aliphatic heterocycles. The summed E-state index contributed by atoms with van der Waals surface area (Å²) in [6.45, 7) is 6.01. The lowest BCUT2D eigenvalue weighted by molar-refractivity contribution is -0.128. The van der Waals surface area contributed by atoms with Gasteiger partial charge < -0.3 is 9.47 Å². The van der Waals surface area contributed by atoms with Crippen molar-refractivity contribution in [2.24, 2.45) is 0 Å². The van der Waals surface area contributed by atoms with Crippen LogP contribution in [0.5, 0.6) is 11.5 Å². The van der Waals surface area contributed by atoms with Crippen LogP contribution in [0, 0.1) is 6.92 Å². The van der Waals surface area contributed by atoms with E-state index in [2.05, 4.69) is 10.9 Å². The summed E-state index contributed by atoms with van der Waals surface area (Å²) in [4.78, 5) is 25.4. The number of hydrogen-bond donors (Lipinski definition) is 2. The molecule has 2 amide bonds. The fourth-order valence-electron chi connectivity index (χ4n) is 1.88. The lowest BCUT2D eigenvalue weighted by atomic mass is 10.3. The Kier molecular flexibility index (Phi) is 6.20. The maximum absolute atomic E-state index is 12.0. The van der Waals surface area contributed by atoms with Gasteiger partial charge in [0.1, 0.15) is 11.5 Å². The summed E-state index contributed by atoms with van der Waals surface area (Å²) in [6.07, 6.45) is -0.756. The summed E-state index contributed by atoms with van der Waals surface area (Å²) < 4.78 is 10.9. The summed E-state index contributed by atoms with van der Waals surface area (Å²) in [5.74, 6) is 0.488. The standard InChI is InChI=1S/C17H20N2O4S/c1-4-22-13-6-8-14(9-7-13)23-12(3)16(20)18-19-17(21)15-10-5-11(2)24-15/h5-10,12H,4H2,1-3H3,(H,18,20)(H,19,21). The Morgan fingerprint density at radius 3 is 2.33 bits per heavy atom. The Morgan fingerprint density at radius 2 is 1.75 bits per heavy atom. The third-order valence-electron chi connectivity index (χ3n) is 3.08. The molecule has 0 bridgehead atoms. The zero-order chi connectivity index (χ0) is 17.5. The molecule has 7 heteroatoms. The summed E-state index contributed by atoms with van der Waals surface area (Å²) in [7, 11) is 0. The Hall–Kier alpha value is -2.54. The SMILES string of the molecule is CCOc1ccc(OC(C)C(=O)NNC(=O)c2ccc(C)s2)cc1. The van der Waals surface area contributed by atoms with Gasteiger partial charge in [-0.3, -0.25) is 20.4 Å². The van der Waals surface area contributed by atoms with Gasteiger partial charge in [0.05, 0.1) is 11.5 Å². The predicted octanol–water partition coefficient (Wildman–Crippen LogP) is 2.68. The van der Waals surface area contributed by atoms with Crippen molar-refractivity contribution < 1.29 is 19.1 Å². The molecule has 0 aliphatic carbocycles.